The minimum absolute atomic E-state index is 0.00588. The van der Waals surface area contributed by atoms with Crippen LogP contribution in [0.5, 0.6) is 0 Å². The SMILES string of the molecule is CC(C)C(C)NC(=O)c1cccc(S(=O)(=O)Nc2ccc(Br)cc2)c1. The van der Waals surface area contributed by atoms with Crippen LogP contribution in [-0.2, 0) is 10.0 Å². The first-order valence-electron chi connectivity index (χ1n) is 7.88. The fraction of sp³-hybridized carbons (Fsp3) is 0.278. The standard InChI is InChI=1S/C18H21BrN2O3S/c1-12(2)13(3)20-18(22)14-5-4-6-17(11-14)25(23,24)21-16-9-7-15(19)8-10-16/h4-13,21H,1-3H3,(H,20,22). The Balaban J connectivity index is 2.21. The summed E-state index contributed by atoms with van der Waals surface area (Å²) in [4.78, 5) is 12.3. The Hall–Kier alpha value is -1.86. The molecule has 2 aromatic carbocycles. The van der Waals surface area contributed by atoms with Gasteiger partial charge >= 0.3 is 0 Å². The van der Waals surface area contributed by atoms with Gasteiger partial charge in [-0.05, 0) is 55.3 Å². The number of carbonyl (C=O) groups excluding carboxylic acids is 1. The lowest BCUT2D eigenvalue weighted by molar-refractivity contribution is 0.0930. The zero-order valence-electron chi connectivity index (χ0n) is 14.3. The molecule has 1 atom stereocenters. The number of sulfonamides is 1. The fourth-order valence-corrected chi connectivity index (χ4v) is 3.36. The predicted molar refractivity (Wildman–Crippen MR) is 103 cm³/mol. The second-order valence-corrected chi connectivity index (χ2v) is 8.74. The molecule has 0 saturated carbocycles. The van der Waals surface area contributed by atoms with Gasteiger partial charge in [0.1, 0.15) is 0 Å². The minimum Gasteiger partial charge on any atom is -0.349 e. The molecule has 0 saturated heterocycles. The molecule has 0 aliphatic heterocycles. The molecule has 134 valence electrons. The number of hydrogen-bond acceptors (Lipinski definition) is 3. The molecule has 0 heterocycles. The first-order chi connectivity index (χ1) is 11.7. The summed E-state index contributed by atoms with van der Waals surface area (Å²) >= 11 is 3.30. The first kappa shape index (κ1) is 19.5. The van der Waals surface area contributed by atoms with Crippen molar-refractivity contribution in [3.63, 3.8) is 0 Å². The number of nitrogens with one attached hydrogen (secondary N) is 2. The smallest absolute Gasteiger partial charge is 0.261 e. The Morgan fingerprint density at radius 2 is 1.68 bits per heavy atom. The molecule has 0 aliphatic rings. The van der Waals surface area contributed by atoms with Crippen molar-refractivity contribution in [2.24, 2.45) is 5.92 Å². The molecule has 0 spiro atoms. The van der Waals surface area contributed by atoms with Crippen molar-refractivity contribution >= 4 is 37.5 Å². The molecule has 0 aliphatic carbocycles. The number of benzene rings is 2. The van der Waals surface area contributed by atoms with E-state index in [9.17, 15) is 13.2 Å². The second kappa shape index (κ2) is 8.01. The van der Waals surface area contributed by atoms with Gasteiger partial charge in [-0.2, -0.15) is 0 Å². The zero-order chi connectivity index (χ0) is 18.6. The van der Waals surface area contributed by atoms with Crippen LogP contribution >= 0.6 is 15.9 Å². The maximum Gasteiger partial charge on any atom is 0.261 e. The fourth-order valence-electron chi connectivity index (χ4n) is 1.99. The summed E-state index contributed by atoms with van der Waals surface area (Å²) in [7, 11) is -3.77. The van der Waals surface area contributed by atoms with Gasteiger partial charge in [0.15, 0.2) is 0 Å². The molecule has 0 fully saturated rings. The Kier molecular flexibility index (Phi) is 6.24. The van der Waals surface area contributed by atoms with Crippen LogP contribution in [0.2, 0.25) is 0 Å². The topological polar surface area (TPSA) is 75.3 Å². The summed E-state index contributed by atoms with van der Waals surface area (Å²) in [6.45, 7) is 5.93. The molecule has 0 radical (unpaired) electrons. The van der Waals surface area contributed by atoms with E-state index >= 15 is 0 Å². The van der Waals surface area contributed by atoms with Gasteiger partial charge in [-0.1, -0.05) is 35.8 Å². The Labute approximate surface area is 157 Å². The lowest BCUT2D eigenvalue weighted by atomic mass is 10.1. The molecule has 1 amide bonds. The summed E-state index contributed by atoms with van der Waals surface area (Å²) < 4.78 is 28.4. The Morgan fingerprint density at radius 3 is 2.28 bits per heavy atom. The molecular weight excluding hydrogens is 404 g/mol. The van der Waals surface area contributed by atoms with Crippen LogP contribution in [0.3, 0.4) is 0 Å². The normalized spacial score (nSPS) is 12.7. The van der Waals surface area contributed by atoms with Crippen LogP contribution in [0.25, 0.3) is 0 Å². The highest BCUT2D eigenvalue weighted by Crippen LogP contribution is 2.19. The van der Waals surface area contributed by atoms with Gasteiger partial charge in [-0.3, -0.25) is 9.52 Å². The summed E-state index contributed by atoms with van der Waals surface area (Å²) in [5.41, 5.74) is 0.762. The molecule has 0 aromatic heterocycles. The van der Waals surface area contributed by atoms with Crippen molar-refractivity contribution in [1.82, 2.24) is 5.32 Å². The lowest BCUT2D eigenvalue weighted by Gasteiger charge is -2.17. The maximum atomic E-state index is 12.5. The van der Waals surface area contributed by atoms with Crippen LogP contribution < -0.4 is 10.0 Å². The van der Waals surface area contributed by atoms with Gasteiger partial charge < -0.3 is 5.32 Å². The first-order valence-corrected chi connectivity index (χ1v) is 10.2. The lowest BCUT2D eigenvalue weighted by Crippen LogP contribution is -2.36. The van der Waals surface area contributed by atoms with Gasteiger partial charge in [-0.15, -0.1) is 0 Å². The molecule has 5 nitrogen and oxygen atoms in total. The van der Waals surface area contributed by atoms with Gasteiger partial charge in [0.05, 0.1) is 4.90 Å². The van der Waals surface area contributed by atoms with Crippen molar-refractivity contribution in [3.05, 3.63) is 58.6 Å². The highest BCUT2D eigenvalue weighted by molar-refractivity contribution is 9.10. The number of hydrogen-bond donors (Lipinski definition) is 2. The van der Waals surface area contributed by atoms with E-state index in [1.807, 2.05) is 20.8 Å². The van der Waals surface area contributed by atoms with E-state index in [0.29, 0.717) is 11.3 Å². The molecule has 25 heavy (non-hydrogen) atoms. The van der Waals surface area contributed by atoms with Crippen LogP contribution in [0.15, 0.2) is 57.9 Å². The van der Waals surface area contributed by atoms with Crippen LogP contribution in [0.1, 0.15) is 31.1 Å². The number of anilines is 1. The average Bonchev–Trinajstić information content (AvgIpc) is 2.56. The summed E-state index contributed by atoms with van der Waals surface area (Å²) in [6.07, 6.45) is 0. The van der Waals surface area contributed by atoms with E-state index in [4.69, 9.17) is 0 Å². The van der Waals surface area contributed by atoms with E-state index in [2.05, 4.69) is 26.0 Å². The highest BCUT2D eigenvalue weighted by Gasteiger charge is 2.18. The van der Waals surface area contributed by atoms with Crippen LogP contribution in [0.4, 0.5) is 5.69 Å². The van der Waals surface area contributed by atoms with Crippen molar-refractivity contribution in [3.8, 4) is 0 Å². The van der Waals surface area contributed by atoms with E-state index in [-0.39, 0.29) is 22.8 Å². The van der Waals surface area contributed by atoms with Gasteiger partial charge in [0.2, 0.25) is 0 Å². The molecule has 2 aromatic rings. The Bertz CT molecular complexity index is 849. The summed E-state index contributed by atoms with van der Waals surface area (Å²) in [5.74, 6) is -0.00294. The van der Waals surface area contributed by atoms with E-state index < -0.39 is 10.0 Å². The molecule has 2 rings (SSSR count). The molecule has 0 bridgehead atoms. The number of halogens is 1. The van der Waals surface area contributed by atoms with E-state index in [1.165, 1.54) is 12.1 Å². The number of rotatable bonds is 6. The van der Waals surface area contributed by atoms with Gasteiger partial charge in [0.25, 0.3) is 15.9 Å². The third-order valence-electron chi connectivity index (χ3n) is 3.86. The third-order valence-corrected chi connectivity index (χ3v) is 5.77. The molecule has 7 heteroatoms. The monoisotopic (exact) mass is 424 g/mol. The van der Waals surface area contributed by atoms with Crippen molar-refractivity contribution in [2.45, 2.75) is 31.7 Å². The number of amides is 1. The van der Waals surface area contributed by atoms with Crippen molar-refractivity contribution in [2.75, 3.05) is 4.72 Å². The molecule has 1 unspecified atom stereocenters. The average molecular weight is 425 g/mol. The predicted octanol–water partition coefficient (Wildman–Crippen LogP) is 4.02. The van der Waals surface area contributed by atoms with Crippen LogP contribution in [0, 0.1) is 5.92 Å². The van der Waals surface area contributed by atoms with Crippen molar-refractivity contribution in [1.29, 1.82) is 0 Å². The third kappa shape index (κ3) is 5.31. The van der Waals surface area contributed by atoms with E-state index in [0.717, 1.165) is 4.47 Å². The number of carbonyl (C=O) groups is 1. The van der Waals surface area contributed by atoms with E-state index in [1.54, 1.807) is 36.4 Å². The largest absolute Gasteiger partial charge is 0.349 e. The summed E-state index contributed by atoms with van der Waals surface area (Å²) in [5, 5.41) is 2.87. The maximum absolute atomic E-state index is 12.5. The second-order valence-electron chi connectivity index (χ2n) is 6.15. The van der Waals surface area contributed by atoms with Crippen molar-refractivity contribution < 1.29 is 13.2 Å². The van der Waals surface area contributed by atoms with Crippen LogP contribution in [-0.4, -0.2) is 20.4 Å². The summed E-state index contributed by atoms with van der Waals surface area (Å²) in [6, 6.07) is 12.8. The molecular formula is C18H21BrN2O3S. The molecule has 2 N–H and O–H groups in total. The minimum atomic E-state index is -3.77. The van der Waals surface area contributed by atoms with Gasteiger partial charge in [-0.25, -0.2) is 8.42 Å². The Morgan fingerprint density at radius 1 is 1.04 bits per heavy atom. The highest BCUT2D eigenvalue weighted by atomic mass is 79.9. The van der Waals surface area contributed by atoms with Gasteiger partial charge in [0, 0.05) is 21.8 Å². The zero-order valence-corrected chi connectivity index (χ0v) is 16.7. The quantitative estimate of drug-likeness (QED) is 0.734.